The first-order valence-electron chi connectivity index (χ1n) is 9.76. The molecule has 3 atom stereocenters. The Morgan fingerprint density at radius 3 is 2.70 bits per heavy atom. The number of likely N-dealkylation sites (tertiary alicyclic amines) is 1. The van der Waals surface area contributed by atoms with Crippen LogP contribution in [0.4, 0.5) is 0 Å². The lowest BCUT2D eigenvalue weighted by molar-refractivity contribution is -0.899. The van der Waals surface area contributed by atoms with E-state index in [0.717, 1.165) is 41.3 Å². The second kappa shape index (κ2) is 8.61. The smallest absolute Gasteiger partial charge is 0.275 e. The van der Waals surface area contributed by atoms with Crippen molar-refractivity contribution in [3.63, 3.8) is 0 Å². The molecule has 0 bridgehead atoms. The minimum atomic E-state index is -0.260. The summed E-state index contributed by atoms with van der Waals surface area (Å²) < 4.78 is 11.2. The summed E-state index contributed by atoms with van der Waals surface area (Å²) in [6, 6.07) is 5.73. The van der Waals surface area contributed by atoms with Gasteiger partial charge in [0.1, 0.15) is 13.2 Å². The number of nitrogens with two attached hydrogens (primary N) is 1. The summed E-state index contributed by atoms with van der Waals surface area (Å²) in [4.78, 5) is 25.2. The lowest BCUT2D eigenvalue weighted by Crippen LogP contribution is -3.15. The van der Waals surface area contributed by atoms with E-state index in [1.165, 1.54) is 0 Å². The van der Waals surface area contributed by atoms with Gasteiger partial charge in [-0.05, 0) is 36.5 Å². The number of nitrogens with one attached hydrogen (secondary N) is 2. The molecule has 27 heavy (non-hydrogen) atoms. The van der Waals surface area contributed by atoms with Crippen LogP contribution >= 0.6 is 0 Å². The number of rotatable bonds is 6. The Labute approximate surface area is 160 Å². The van der Waals surface area contributed by atoms with Crippen molar-refractivity contribution >= 4 is 11.8 Å². The highest BCUT2D eigenvalue weighted by Crippen LogP contribution is 2.34. The third-order valence-electron chi connectivity index (χ3n) is 5.34. The lowest BCUT2D eigenvalue weighted by Gasteiger charge is -2.29. The number of carbonyl (C=O) groups is 2. The van der Waals surface area contributed by atoms with Crippen molar-refractivity contribution in [3.05, 3.63) is 23.8 Å². The van der Waals surface area contributed by atoms with E-state index in [9.17, 15) is 9.59 Å². The summed E-state index contributed by atoms with van der Waals surface area (Å²) in [5.74, 6) is 1.30. The fraction of sp³-hybridized carbons (Fsp3) is 0.600. The van der Waals surface area contributed by atoms with Crippen LogP contribution < -0.4 is 25.4 Å². The van der Waals surface area contributed by atoms with Crippen molar-refractivity contribution in [2.75, 3.05) is 32.8 Å². The van der Waals surface area contributed by atoms with Crippen LogP contribution in [0.1, 0.15) is 38.3 Å². The zero-order valence-corrected chi connectivity index (χ0v) is 16.1. The molecule has 1 saturated heterocycles. The monoisotopic (exact) mass is 376 g/mol. The van der Waals surface area contributed by atoms with Crippen molar-refractivity contribution in [1.29, 1.82) is 0 Å². The second-order valence-electron chi connectivity index (χ2n) is 7.81. The minimum absolute atomic E-state index is 0.0105. The molecule has 0 spiro atoms. The molecule has 7 nitrogen and oxygen atoms in total. The maximum Gasteiger partial charge on any atom is 0.275 e. The molecule has 0 aliphatic carbocycles. The Balaban J connectivity index is 1.64. The van der Waals surface area contributed by atoms with Gasteiger partial charge in [0.15, 0.2) is 18.0 Å². The van der Waals surface area contributed by atoms with Gasteiger partial charge in [-0.1, -0.05) is 19.9 Å². The number of quaternary nitrogens is 1. The van der Waals surface area contributed by atoms with Gasteiger partial charge in [0.2, 0.25) is 5.91 Å². The Hall–Kier alpha value is -2.28. The summed E-state index contributed by atoms with van der Waals surface area (Å²) in [6.07, 6.45) is 1.75. The number of hydrogen-bond acceptors (Lipinski definition) is 4. The molecule has 2 aliphatic heterocycles. The zero-order valence-electron chi connectivity index (χ0n) is 16.1. The van der Waals surface area contributed by atoms with Crippen LogP contribution in [-0.2, 0) is 9.59 Å². The number of amides is 2. The SMILES string of the molecule is CC(C)[C@@H](NC(=O)C[NH+]1CCC[C@H](C(N)=O)C1)c1ccc2c(c1)OCCO2. The predicted octanol–water partition coefficient (Wildman–Crippen LogP) is 0.0513. The standard InChI is InChI=1S/C20H29N3O4/c1-13(2)19(14-5-6-16-17(10-14)27-9-8-26-16)22-18(24)12-23-7-3-4-15(11-23)20(21)25/h5-6,10,13,15,19H,3-4,7-9,11-12H2,1-2H3,(H2,21,25)(H,22,24)/p+1/t15-,19+/m0/s1. The van der Waals surface area contributed by atoms with Gasteiger partial charge in [0.25, 0.3) is 5.91 Å². The zero-order chi connectivity index (χ0) is 19.4. The number of hydrogen-bond donors (Lipinski definition) is 3. The van der Waals surface area contributed by atoms with E-state index < -0.39 is 0 Å². The van der Waals surface area contributed by atoms with Gasteiger partial charge in [-0.25, -0.2) is 0 Å². The van der Waals surface area contributed by atoms with Crippen LogP contribution in [0, 0.1) is 11.8 Å². The summed E-state index contributed by atoms with van der Waals surface area (Å²) in [7, 11) is 0. The fourth-order valence-electron chi connectivity index (χ4n) is 3.89. The second-order valence-corrected chi connectivity index (χ2v) is 7.81. The van der Waals surface area contributed by atoms with Crippen molar-refractivity contribution in [2.24, 2.45) is 17.6 Å². The first-order valence-corrected chi connectivity index (χ1v) is 9.76. The number of fused-ring (bicyclic) bond motifs is 1. The molecule has 3 rings (SSSR count). The molecule has 7 heteroatoms. The molecule has 1 aromatic rings. The fourth-order valence-corrected chi connectivity index (χ4v) is 3.89. The van der Waals surface area contributed by atoms with Gasteiger partial charge in [-0.3, -0.25) is 9.59 Å². The average Bonchev–Trinajstić information content (AvgIpc) is 2.65. The number of carbonyl (C=O) groups excluding carboxylic acids is 2. The van der Waals surface area contributed by atoms with Crippen LogP contribution in [0.5, 0.6) is 11.5 Å². The van der Waals surface area contributed by atoms with Gasteiger partial charge in [0.05, 0.1) is 25.0 Å². The predicted molar refractivity (Wildman–Crippen MR) is 101 cm³/mol. The molecule has 4 N–H and O–H groups in total. The molecule has 0 radical (unpaired) electrons. The number of piperidine rings is 1. The van der Waals surface area contributed by atoms with E-state index in [-0.39, 0.29) is 29.7 Å². The van der Waals surface area contributed by atoms with Crippen LogP contribution in [0.25, 0.3) is 0 Å². The first kappa shape index (κ1) is 19.5. The summed E-state index contributed by atoms with van der Waals surface area (Å²) in [5.41, 5.74) is 6.44. The Morgan fingerprint density at radius 1 is 1.26 bits per heavy atom. The molecule has 148 valence electrons. The highest BCUT2D eigenvalue weighted by Gasteiger charge is 2.29. The van der Waals surface area contributed by atoms with E-state index in [0.29, 0.717) is 26.3 Å². The van der Waals surface area contributed by atoms with E-state index in [1.54, 1.807) is 0 Å². The van der Waals surface area contributed by atoms with E-state index in [2.05, 4.69) is 19.2 Å². The van der Waals surface area contributed by atoms with E-state index in [4.69, 9.17) is 15.2 Å². The topological polar surface area (TPSA) is 95.1 Å². The van der Waals surface area contributed by atoms with Gasteiger partial charge in [-0.15, -0.1) is 0 Å². The third kappa shape index (κ3) is 4.91. The van der Waals surface area contributed by atoms with Crippen LogP contribution in [0.2, 0.25) is 0 Å². The highest BCUT2D eigenvalue weighted by atomic mass is 16.6. The molecule has 0 saturated carbocycles. The van der Waals surface area contributed by atoms with E-state index in [1.807, 2.05) is 18.2 Å². The molecular formula is C20H30N3O4+. The molecular weight excluding hydrogens is 346 g/mol. The Morgan fingerprint density at radius 2 is 2.00 bits per heavy atom. The minimum Gasteiger partial charge on any atom is -0.486 e. The molecule has 1 fully saturated rings. The maximum absolute atomic E-state index is 12.7. The van der Waals surface area contributed by atoms with Crippen LogP contribution in [0.15, 0.2) is 18.2 Å². The molecule has 1 aromatic carbocycles. The van der Waals surface area contributed by atoms with Gasteiger partial charge >= 0.3 is 0 Å². The van der Waals surface area contributed by atoms with Crippen molar-refractivity contribution in [1.82, 2.24) is 5.32 Å². The van der Waals surface area contributed by atoms with Crippen LogP contribution in [-0.4, -0.2) is 44.7 Å². The number of primary amides is 1. The Bertz CT molecular complexity index is 692. The summed E-state index contributed by atoms with van der Waals surface area (Å²) >= 11 is 0. The van der Waals surface area contributed by atoms with Gasteiger partial charge in [-0.2, -0.15) is 0 Å². The summed E-state index contributed by atoms with van der Waals surface area (Å²) in [5, 5.41) is 3.16. The third-order valence-corrected chi connectivity index (χ3v) is 5.34. The number of ether oxygens (including phenoxy) is 2. The average molecular weight is 376 g/mol. The number of benzene rings is 1. The molecule has 1 unspecified atom stereocenters. The molecule has 0 aromatic heterocycles. The van der Waals surface area contributed by atoms with Crippen molar-refractivity contribution < 1.29 is 24.0 Å². The normalized spacial score (nSPS) is 22.9. The van der Waals surface area contributed by atoms with Crippen LogP contribution in [0.3, 0.4) is 0 Å². The molecule has 2 heterocycles. The van der Waals surface area contributed by atoms with Gasteiger partial charge < -0.3 is 25.4 Å². The maximum atomic E-state index is 12.7. The van der Waals surface area contributed by atoms with E-state index >= 15 is 0 Å². The van der Waals surface area contributed by atoms with Crippen molar-refractivity contribution in [2.45, 2.75) is 32.7 Å². The molecule has 2 amide bonds. The highest BCUT2D eigenvalue weighted by molar-refractivity contribution is 5.78. The lowest BCUT2D eigenvalue weighted by atomic mass is 9.95. The van der Waals surface area contributed by atoms with Gasteiger partial charge in [0, 0.05) is 0 Å². The van der Waals surface area contributed by atoms with Crippen molar-refractivity contribution in [3.8, 4) is 11.5 Å². The Kier molecular flexibility index (Phi) is 6.21. The first-order chi connectivity index (χ1) is 12.9. The quantitative estimate of drug-likeness (QED) is 0.654. The largest absolute Gasteiger partial charge is 0.486 e. The molecule has 2 aliphatic rings. The summed E-state index contributed by atoms with van der Waals surface area (Å²) in [6.45, 7) is 7.15.